The summed E-state index contributed by atoms with van der Waals surface area (Å²) < 4.78 is 5.47. The molecular formula is C15H32N2O2. The highest BCUT2D eigenvalue weighted by Crippen LogP contribution is 2.17. The summed E-state index contributed by atoms with van der Waals surface area (Å²) in [5.74, 6) is 0.823. The molecule has 1 rings (SSSR count). The van der Waals surface area contributed by atoms with E-state index >= 15 is 0 Å². The first-order valence-corrected chi connectivity index (χ1v) is 7.74. The third kappa shape index (κ3) is 7.88. The maximum Gasteiger partial charge on any atom is 0.0900 e. The molecule has 0 bridgehead atoms. The Morgan fingerprint density at radius 3 is 2.58 bits per heavy atom. The van der Waals surface area contributed by atoms with Gasteiger partial charge in [0.05, 0.1) is 12.7 Å². The van der Waals surface area contributed by atoms with Crippen LogP contribution in [0.25, 0.3) is 0 Å². The van der Waals surface area contributed by atoms with Gasteiger partial charge in [0.25, 0.3) is 0 Å². The Morgan fingerprint density at radius 2 is 2.00 bits per heavy atom. The van der Waals surface area contributed by atoms with Crippen LogP contribution in [0, 0.1) is 5.92 Å². The molecule has 0 aliphatic carbocycles. The van der Waals surface area contributed by atoms with Gasteiger partial charge in [-0.1, -0.05) is 13.3 Å². The van der Waals surface area contributed by atoms with Gasteiger partial charge in [0.1, 0.15) is 0 Å². The Hall–Kier alpha value is -0.160. The largest absolute Gasteiger partial charge is 0.389 e. The van der Waals surface area contributed by atoms with Crippen LogP contribution >= 0.6 is 0 Å². The van der Waals surface area contributed by atoms with Crippen molar-refractivity contribution in [2.75, 3.05) is 53.5 Å². The van der Waals surface area contributed by atoms with Crippen molar-refractivity contribution in [3.05, 3.63) is 0 Å². The van der Waals surface area contributed by atoms with E-state index in [0.717, 1.165) is 45.0 Å². The lowest BCUT2D eigenvalue weighted by molar-refractivity contribution is 0.00918. The smallest absolute Gasteiger partial charge is 0.0900 e. The monoisotopic (exact) mass is 272 g/mol. The molecule has 1 unspecified atom stereocenters. The van der Waals surface area contributed by atoms with Crippen LogP contribution in [0.1, 0.15) is 32.6 Å². The standard InChI is InChI=1S/C15H32N2O2/c1-4-5-10-19-13-15(18)12-17-8-6-14(7-9-17)11-16(2)3/h14-15,18H,4-13H2,1-3H3. The molecule has 0 saturated carbocycles. The number of hydrogen-bond donors (Lipinski definition) is 1. The van der Waals surface area contributed by atoms with Crippen LogP contribution in [0.3, 0.4) is 0 Å². The van der Waals surface area contributed by atoms with E-state index in [9.17, 15) is 5.11 Å². The van der Waals surface area contributed by atoms with E-state index in [1.165, 1.54) is 19.4 Å². The lowest BCUT2D eigenvalue weighted by atomic mass is 9.96. The topological polar surface area (TPSA) is 35.9 Å². The van der Waals surface area contributed by atoms with Gasteiger partial charge in [-0.15, -0.1) is 0 Å². The summed E-state index contributed by atoms with van der Waals surface area (Å²) in [6, 6.07) is 0. The zero-order chi connectivity index (χ0) is 14.1. The van der Waals surface area contributed by atoms with Gasteiger partial charge in [-0.05, 0) is 52.4 Å². The van der Waals surface area contributed by atoms with Crippen molar-refractivity contribution < 1.29 is 9.84 Å². The van der Waals surface area contributed by atoms with Crippen molar-refractivity contribution in [2.45, 2.75) is 38.7 Å². The maximum absolute atomic E-state index is 9.94. The first-order valence-electron chi connectivity index (χ1n) is 7.74. The Labute approximate surface area is 118 Å². The second-order valence-corrected chi connectivity index (χ2v) is 6.09. The van der Waals surface area contributed by atoms with E-state index in [0.29, 0.717) is 6.61 Å². The van der Waals surface area contributed by atoms with Crippen molar-refractivity contribution in [1.29, 1.82) is 0 Å². The van der Waals surface area contributed by atoms with E-state index in [4.69, 9.17) is 4.74 Å². The van der Waals surface area contributed by atoms with Crippen molar-refractivity contribution in [1.82, 2.24) is 9.80 Å². The lowest BCUT2D eigenvalue weighted by Crippen LogP contribution is -2.41. The SMILES string of the molecule is CCCCOCC(O)CN1CCC(CN(C)C)CC1. The van der Waals surface area contributed by atoms with Crippen LogP contribution < -0.4 is 0 Å². The molecule has 0 aromatic rings. The molecule has 0 amide bonds. The zero-order valence-electron chi connectivity index (χ0n) is 13.0. The van der Waals surface area contributed by atoms with Crippen molar-refractivity contribution in [3.63, 3.8) is 0 Å². The summed E-state index contributed by atoms with van der Waals surface area (Å²) >= 11 is 0. The highest BCUT2D eigenvalue weighted by atomic mass is 16.5. The quantitative estimate of drug-likeness (QED) is 0.644. The summed E-state index contributed by atoms with van der Waals surface area (Å²) in [6.07, 6.45) is 4.41. The van der Waals surface area contributed by atoms with Gasteiger partial charge < -0.3 is 19.6 Å². The highest BCUT2D eigenvalue weighted by molar-refractivity contribution is 4.75. The average Bonchev–Trinajstić information content (AvgIpc) is 2.36. The normalized spacial score (nSPS) is 20.1. The molecule has 19 heavy (non-hydrogen) atoms. The minimum absolute atomic E-state index is 0.331. The summed E-state index contributed by atoms with van der Waals surface area (Å²) in [4.78, 5) is 4.65. The van der Waals surface area contributed by atoms with Gasteiger partial charge in [0.2, 0.25) is 0 Å². The Bertz CT molecular complexity index is 216. The number of aliphatic hydroxyl groups excluding tert-OH is 1. The minimum atomic E-state index is -0.331. The molecule has 1 heterocycles. The molecule has 4 nitrogen and oxygen atoms in total. The number of piperidine rings is 1. The van der Waals surface area contributed by atoms with Crippen molar-refractivity contribution >= 4 is 0 Å². The first-order chi connectivity index (χ1) is 9.11. The van der Waals surface area contributed by atoms with Gasteiger partial charge in [-0.3, -0.25) is 0 Å². The van der Waals surface area contributed by atoms with Crippen LogP contribution in [0.5, 0.6) is 0 Å². The minimum Gasteiger partial charge on any atom is -0.389 e. The average molecular weight is 272 g/mol. The van der Waals surface area contributed by atoms with Crippen LogP contribution in [0.2, 0.25) is 0 Å². The molecule has 1 aliphatic heterocycles. The molecule has 1 fully saturated rings. The van der Waals surface area contributed by atoms with Crippen LogP contribution in [-0.2, 0) is 4.74 Å². The van der Waals surface area contributed by atoms with Crippen molar-refractivity contribution in [2.24, 2.45) is 5.92 Å². The van der Waals surface area contributed by atoms with E-state index in [-0.39, 0.29) is 6.10 Å². The number of β-amino-alcohol motifs (C(OH)–C–C–N with tert-alkyl or cyclic N) is 1. The van der Waals surface area contributed by atoms with Gasteiger partial charge in [-0.2, -0.15) is 0 Å². The molecule has 1 N–H and O–H groups in total. The number of unbranched alkanes of at least 4 members (excludes halogenated alkanes) is 1. The molecule has 1 aliphatic rings. The fourth-order valence-electron chi connectivity index (χ4n) is 2.68. The number of hydrogen-bond acceptors (Lipinski definition) is 4. The lowest BCUT2D eigenvalue weighted by Gasteiger charge is -2.34. The number of aliphatic hydroxyl groups is 1. The third-order valence-corrected chi connectivity index (χ3v) is 3.75. The predicted octanol–water partition coefficient (Wildman–Crippen LogP) is 1.44. The molecule has 0 aromatic carbocycles. The zero-order valence-corrected chi connectivity index (χ0v) is 13.0. The molecule has 114 valence electrons. The van der Waals surface area contributed by atoms with E-state index in [1.807, 2.05) is 0 Å². The van der Waals surface area contributed by atoms with E-state index in [1.54, 1.807) is 0 Å². The van der Waals surface area contributed by atoms with Gasteiger partial charge in [0, 0.05) is 19.7 Å². The molecule has 0 spiro atoms. The van der Waals surface area contributed by atoms with E-state index in [2.05, 4.69) is 30.8 Å². The molecule has 1 saturated heterocycles. The highest BCUT2D eigenvalue weighted by Gasteiger charge is 2.21. The van der Waals surface area contributed by atoms with Crippen LogP contribution in [-0.4, -0.2) is 74.5 Å². The number of likely N-dealkylation sites (tertiary alicyclic amines) is 1. The second-order valence-electron chi connectivity index (χ2n) is 6.09. The number of nitrogens with zero attached hydrogens (tertiary/aromatic N) is 2. The summed E-state index contributed by atoms with van der Waals surface area (Å²) in [7, 11) is 4.29. The molecule has 1 atom stereocenters. The van der Waals surface area contributed by atoms with Gasteiger partial charge in [0.15, 0.2) is 0 Å². The molecule has 4 heteroatoms. The molecule has 0 radical (unpaired) electrons. The van der Waals surface area contributed by atoms with Crippen LogP contribution in [0.15, 0.2) is 0 Å². The van der Waals surface area contributed by atoms with Crippen molar-refractivity contribution in [3.8, 4) is 0 Å². The fourth-order valence-corrected chi connectivity index (χ4v) is 2.68. The third-order valence-electron chi connectivity index (χ3n) is 3.75. The summed E-state index contributed by atoms with van der Waals surface area (Å²) in [5, 5.41) is 9.94. The van der Waals surface area contributed by atoms with Crippen LogP contribution in [0.4, 0.5) is 0 Å². The summed E-state index contributed by atoms with van der Waals surface area (Å²) in [6.45, 7) is 7.60. The molecule has 0 aromatic heterocycles. The Morgan fingerprint density at radius 1 is 1.32 bits per heavy atom. The fraction of sp³-hybridized carbons (Fsp3) is 1.00. The van der Waals surface area contributed by atoms with E-state index < -0.39 is 0 Å². The number of rotatable bonds is 9. The maximum atomic E-state index is 9.94. The first kappa shape index (κ1) is 16.9. The van der Waals surface area contributed by atoms with Gasteiger partial charge >= 0.3 is 0 Å². The Kier molecular flexibility index (Phi) is 8.62. The predicted molar refractivity (Wildman–Crippen MR) is 79.5 cm³/mol. The molecular weight excluding hydrogens is 240 g/mol. The Balaban J connectivity index is 2.07. The second kappa shape index (κ2) is 9.70. The van der Waals surface area contributed by atoms with Gasteiger partial charge in [-0.25, -0.2) is 0 Å². The number of ether oxygens (including phenoxy) is 1. The summed E-state index contributed by atoms with van der Waals surface area (Å²) in [5.41, 5.74) is 0.